The molecule has 6 N–H and O–H groups in total. The molecule has 0 radical (unpaired) electrons. The summed E-state index contributed by atoms with van der Waals surface area (Å²) in [5.41, 5.74) is 0. The van der Waals surface area contributed by atoms with Gasteiger partial charge in [-0.15, -0.1) is 0 Å². The molecular formula is C18H29NO6. The number of aliphatic hydroxyl groups is 5. The predicted octanol–water partition coefficient (Wildman–Crippen LogP) is -1.09. The summed E-state index contributed by atoms with van der Waals surface area (Å²) in [5.74, 6) is 10.6. The first-order valence-electron chi connectivity index (χ1n) is 8.52. The van der Waals surface area contributed by atoms with Crippen LogP contribution in [0.25, 0.3) is 0 Å². The molecule has 0 aliphatic heterocycles. The molecule has 0 saturated carbocycles. The van der Waals surface area contributed by atoms with Gasteiger partial charge in [0, 0.05) is 19.4 Å². The fourth-order valence-electron chi connectivity index (χ4n) is 1.81. The first-order chi connectivity index (χ1) is 12.0. The van der Waals surface area contributed by atoms with Gasteiger partial charge >= 0.3 is 0 Å². The second kappa shape index (κ2) is 14.7. The maximum atomic E-state index is 11.6. The quantitative estimate of drug-likeness (QED) is 0.206. The van der Waals surface area contributed by atoms with Gasteiger partial charge in [-0.25, -0.2) is 0 Å². The minimum Gasteiger partial charge on any atom is -0.394 e. The number of hydrogen-bond acceptors (Lipinski definition) is 6. The monoisotopic (exact) mass is 355 g/mol. The zero-order chi connectivity index (χ0) is 19.1. The van der Waals surface area contributed by atoms with Crippen LogP contribution in [0.5, 0.6) is 0 Å². The van der Waals surface area contributed by atoms with Crippen molar-refractivity contribution in [1.29, 1.82) is 0 Å². The van der Waals surface area contributed by atoms with Gasteiger partial charge in [-0.2, -0.15) is 0 Å². The average Bonchev–Trinajstić information content (AvgIpc) is 2.63. The van der Waals surface area contributed by atoms with Gasteiger partial charge in [0.05, 0.1) is 6.61 Å². The Kier molecular flexibility index (Phi) is 13.8. The van der Waals surface area contributed by atoms with Gasteiger partial charge in [0.1, 0.15) is 18.3 Å². The lowest BCUT2D eigenvalue weighted by atomic mass is 10.0. The zero-order valence-corrected chi connectivity index (χ0v) is 14.6. The lowest BCUT2D eigenvalue weighted by molar-refractivity contribution is -0.148. The normalized spacial score (nSPS) is 15.0. The lowest BCUT2D eigenvalue weighted by Gasteiger charge is -2.24. The lowest BCUT2D eigenvalue weighted by Crippen LogP contribution is -2.51. The molecule has 0 saturated heterocycles. The molecule has 0 unspecified atom stereocenters. The number of rotatable bonds is 11. The van der Waals surface area contributed by atoms with Crippen molar-refractivity contribution in [3.05, 3.63) is 0 Å². The SMILES string of the molecule is CCCCC#CC#CCCCCNC(=O)[C@H](O)[C@H](O)[C@@H](O)[C@@H](O)CO. The van der Waals surface area contributed by atoms with Gasteiger partial charge in [-0.3, -0.25) is 4.79 Å². The molecule has 0 aromatic heterocycles. The molecular weight excluding hydrogens is 326 g/mol. The molecule has 0 aliphatic carbocycles. The minimum atomic E-state index is -1.89. The molecule has 0 heterocycles. The van der Waals surface area contributed by atoms with Gasteiger partial charge in [0.2, 0.25) is 0 Å². The summed E-state index contributed by atoms with van der Waals surface area (Å²) < 4.78 is 0. The van der Waals surface area contributed by atoms with Crippen LogP contribution in [0.2, 0.25) is 0 Å². The van der Waals surface area contributed by atoms with E-state index in [9.17, 15) is 25.2 Å². The molecule has 7 heteroatoms. The van der Waals surface area contributed by atoms with Crippen molar-refractivity contribution in [3.8, 4) is 23.7 Å². The van der Waals surface area contributed by atoms with E-state index in [0.717, 1.165) is 25.7 Å². The molecule has 0 spiro atoms. The van der Waals surface area contributed by atoms with E-state index in [0.29, 0.717) is 12.8 Å². The Morgan fingerprint density at radius 3 is 2.12 bits per heavy atom. The molecule has 0 aromatic carbocycles. The van der Waals surface area contributed by atoms with Crippen LogP contribution < -0.4 is 5.32 Å². The summed E-state index contributed by atoms with van der Waals surface area (Å²) in [6.45, 7) is 1.59. The van der Waals surface area contributed by atoms with E-state index in [1.54, 1.807) is 0 Å². The molecule has 4 atom stereocenters. The van der Waals surface area contributed by atoms with Gasteiger partial charge in [-0.1, -0.05) is 25.2 Å². The van der Waals surface area contributed by atoms with Gasteiger partial charge in [0.25, 0.3) is 5.91 Å². The largest absolute Gasteiger partial charge is 0.394 e. The van der Waals surface area contributed by atoms with E-state index >= 15 is 0 Å². The van der Waals surface area contributed by atoms with Crippen LogP contribution in [-0.4, -0.2) is 69.0 Å². The number of carbonyl (C=O) groups is 1. The summed E-state index contributed by atoms with van der Waals surface area (Å²) in [5, 5.41) is 48.9. The van der Waals surface area contributed by atoms with Crippen LogP contribution in [0.3, 0.4) is 0 Å². The standard InChI is InChI=1S/C18H29NO6/c1-2-3-4-5-6-7-8-9-10-11-12-19-18(25)17(24)16(23)15(22)14(21)13-20/h14-17,20-24H,2-4,9-13H2,1H3,(H,19,25)/t14-,15-,16+,17+/m0/s1. The molecule has 0 rings (SSSR count). The fraction of sp³-hybridized carbons (Fsp3) is 0.722. The molecule has 0 aromatic rings. The summed E-state index contributed by atoms with van der Waals surface area (Å²) in [6, 6.07) is 0. The predicted molar refractivity (Wildman–Crippen MR) is 93.1 cm³/mol. The number of aliphatic hydroxyl groups excluding tert-OH is 5. The fourth-order valence-corrected chi connectivity index (χ4v) is 1.81. The third-order valence-electron chi connectivity index (χ3n) is 3.45. The van der Waals surface area contributed by atoms with Gasteiger partial charge < -0.3 is 30.8 Å². The van der Waals surface area contributed by atoms with Crippen molar-refractivity contribution in [2.24, 2.45) is 0 Å². The summed E-state index contributed by atoms with van der Waals surface area (Å²) >= 11 is 0. The Balaban J connectivity index is 3.92. The molecule has 142 valence electrons. The highest BCUT2D eigenvalue weighted by atomic mass is 16.4. The number of carbonyl (C=O) groups excluding carboxylic acids is 1. The molecule has 0 aliphatic rings. The van der Waals surface area contributed by atoms with Crippen molar-refractivity contribution in [2.45, 2.75) is 69.9 Å². The second-order valence-corrected chi connectivity index (χ2v) is 5.63. The molecule has 0 fully saturated rings. The average molecular weight is 355 g/mol. The highest BCUT2D eigenvalue weighted by Gasteiger charge is 2.33. The molecule has 25 heavy (non-hydrogen) atoms. The maximum Gasteiger partial charge on any atom is 0.251 e. The van der Waals surface area contributed by atoms with E-state index in [1.807, 2.05) is 0 Å². The molecule has 7 nitrogen and oxygen atoms in total. The van der Waals surface area contributed by atoms with E-state index in [1.165, 1.54) is 0 Å². The number of hydrogen-bond donors (Lipinski definition) is 6. The Bertz CT molecular complexity index is 487. The van der Waals surface area contributed by atoms with E-state index < -0.39 is 36.9 Å². The third-order valence-corrected chi connectivity index (χ3v) is 3.45. The van der Waals surface area contributed by atoms with Crippen molar-refractivity contribution in [1.82, 2.24) is 5.32 Å². The first-order valence-corrected chi connectivity index (χ1v) is 8.52. The maximum absolute atomic E-state index is 11.6. The van der Waals surface area contributed by atoms with Crippen molar-refractivity contribution in [3.63, 3.8) is 0 Å². The van der Waals surface area contributed by atoms with Crippen LogP contribution in [0.15, 0.2) is 0 Å². The van der Waals surface area contributed by atoms with E-state index in [-0.39, 0.29) is 6.54 Å². The van der Waals surface area contributed by atoms with Gasteiger partial charge in [0.15, 0.2) is 6.10 Å². The minimum absolute atomic E-state index is 0.283. The third kappa shape index (κ3) is 10.8. The van der Waals surface area contributed by atoms with Crippen LogP contribution in [0.1, 0.15) is 45.4 Å². The van der Waals surface area contributed by atoms with Crippen molar-refractivity contribution >= 4 is 5.91 Å². The van der Waals surface area contributed by atoms with Crippen molar-refractivity contribution in [2.75, 3.05) is 13.2 Å². The number of nitrogens with one attached hydrogen (secondary N) is 1. The first kappa shape index (κ1) is 23.4. The number of unbranched alkanes of at least 4 members (excludes halogenated alkanes) is 4. The summed E-state index contributed by atoms with van der Waals surface area (Å²) in [6.07, 6.45) is -2.18. The van der Waals surface area contributed by atoms with E-state index in [4.69, 9.17) is 5.11 Å². The second-order valence-electron chi connectivity index (χ2n) is 5.63. The van der Waals surface area contributed by atoms with E-state index in [2.05, 4.69) is 35.9 Å². The zero-order valence-electron chi connectivity index (χ0n) is 14.6. The number of amides is 1. The van der Waals surface area contributed by atoms with Crippen molar-refractivity contribution < 1.29 is 30.3 Å². The van der Waals surface area contributed by atoms with Crippen LogP contribution >= 0.6 is 0 Å². The van der Waals surface area contributed by atoms with Crippen LogP contribution in [0.4, 0.5) is 0 Å². The van der Waals surface area contributed by atoms with Crippen LogP contribution in [0, 0.1) is 23.7 Å². The molecule has 0 bridgehead atoms. The van der Waals surface area contributed by atoms with Gasteiger partial charge in [-0.05, 0) is 31.1 Å². The Labute approximate surface area is 149 Å². The smallest absolute Gasteiger partial charge is 0.251 e. The Morgan fingerprint density at radius 1 is 0.960 bits per heavy atom. The Hall–Kier alpha value is -1.61. The topological polar surface area (TPSA) is 130 Å². The highest BCUT2D eigenvalue weighted by Crippen LogP contribution is 2.05. The highest BCUT2D eigenvalue weighted by molar-refractivity contribution is 5.81. The summed E-state index contributed by atoms with van der Waals surface area (Å²) in [7, 11) is 0. The Morgan fingerprint density at radius 2 is 1.56 bits per heavy atom. The van der Waals surface area contributed by atoms with Crippen LogP contribution in [-0.2, 0) is 4.79 Å². The summed E-state index contributed by atoms with van der Waals surface area (Å²) in [4.78, 5) is 11.6. The molecule has 1 amide bonds.